The van der Waals surface area contributed by atoms with Crippen LogP contribution in [0.2, 0.25) is 0 Å². The first-order valence-corrected chi connectivity index (χ1v) is 13.2. The van der Waals surface area contributed by atoms with Crippen LogP contribution in [0, 0.1) is 5.82 Å². The molecule has 1 amide bonds. The quantitative estimate of drug-likeness (QED) is 0.401. The van der Waals surface area contributed by atoms with E-state index >= 15 is 0 Å². The van der Waals surface area contributed by atoms with Gasteiger partial charge in [-0.3, -0.25) is 9.10 Å². The predicted octanol–water partition coefficient (Wildman–Crippen LogP) is 4.74. The minimum absolute atomic E-state index is 0.124. The Hall–Kier alpha value is -3.30. The van der Waals surface area contributed by atoms with Crippen molar-refractivity contribution in [3.05, 3.63) is 88.5 Å². The van der Waals surface area contributed by atoms with Gasteiger partial charge in [-0.1, -0.05) is 36.5 Å². The molecule has 1 aliphatic heterocycles. The largest absolute Gasteiger partial charge is 0.316 e. The number of hydrogen-bond acceptors (Lipinski definition) is 4. The third-order valence-corrected chi connectivity index (χ3v) is 8.69. The van der Waals surface area contributed by atoms with Crippen LogP contribution in [-0.4, -0.2) is 25.4 Å². The second-order valence-electron chi connectivity index (χ2n) is 8.05. The summed E-state index contributed by atoms with van der Waals surface area (Å²) in [5, 5.41) is 0. The maximum absolute atomic E-state index is 13.7. The molecule has 5 rings (SSSR count). The number of rotatable bonds is 5. The van der Waals surface area contributed by atoms with Gasteiger partial charge >= 0.3 is 0 Å². The summed E-state index contributed by atoms with van der Waals surface area (Å²) < 4.78 is 44.1. The fourth-order valence-corrected chi connectivity index (χ4v) is 6.76. The molecule has 174 valence electrons. The summed E-state index contributed by atoms with van der Waals surface area (Å²) in [7, 11) is -3.74. The molecule has 0 saturated carbocycles. The van der Waals surface area contributed by atoms with Crippen LogP contribution in [0.3, 0.4) is 0 Å². The van der Waals surface area contributed by atoms with Crippen molar-refractivity contribution in [3.8, 4) is 0 Å². The van der Waals surface area contributed by atoms with Gasteiger partial charge in [-0.2, -0.15) is 4.99 Å². The maximum atomic E-state index is 13.7. The third kappa shape index (κ3) is 3.95. The molecule has 2 heterocycles. The van der Waals surface area contributed by atoms with E-state index in [-0.39, 0.29) is 16.3 Å². The van der Waals surface area contributed by atoms with Crippen LogP contribution < -0.4 is 9.11 Å². The van der Waals surface area contributed by atoms with Gasteiger partial charge in [0.25, 0.3) is 15.9 Å². The SMILES string of the molecule is CCCn1c(=NC(=O)c2ccc(S(=O)(=O)N3CCc4ccccc43)cc2)sc2cc(F)ccc21. The smallest absolute Gasteiger partial charge is 0.279 e. The van der Waals surface area contributed by atoms with E-state index < -0.39 is 15.9 Å². The number of amides is 1. The highest BCUT2D eigenvalue weighted by Gasteiger charge is 2.30. The summed E-state index contributed by atoms with van der Waals surface area (Å²) >= 11 is 1.25. The summed E-state index contributed by atoms with van der Waals surface area (Å²) in [6.07, 6.45) is 1.50. The van der Waals surface area contributed by atoms with E-state index in [4.69, 9.17) is 0 Å². The number of nitrogens with zero attached hydrogens (tertiary/aromatic N) is 3. The highest BCUT2D eigenvalue weighted by Crippen LogP contribution is 2.32. The number of fused-ring (bicyclic) bond motifs is 2. The van der Waals surface area contributed by atoms with Crippen molar-refractivity contribution in [2.75, 3.05) is 10.8 Å². The van der Waals surface area contributed by atoms with Crippen molar-refractivity contribution in [2.45, 2.75) is 31.2 Å². The molecule has 0 spiro atoms. The van der Waals surface area contributed by atoms with E-state index in [9.17, 15) is 17.6 Å². The van der Waals surface area contributed by atoms with Gasteiger partial charge in [-0.05, 0) is 66.9 Å². The molecule has 34 heavy (non-hydrogen) atoms. The van der Waals surface area contributed by atoms with Crippen molar-refractivity contribution >= 4 is 43.2 Å². The Morgan fingerprint density at radius 3 is 2.62 bits per heavy atom. The van der Waals surface area contributed by atoms with Gasteiger partial charge in [0.2, 0.25) is 0 Å². The van der Waals surface area contributed by atoms with Gasteiger partial charge in [-0.15, -0.1) is 0 Å². The zero-order chi connectivity index (χ0) is 23.9. The number of carbonyl (C=O) groups is 1. The normalized spacial score (nSPS) is 14.1. The highest BCUT2D eigenvalue weighted by molar-refractivity contribution is 7.92. The lowest BCUT2D eigenvalue weighted by molar-refractivity contribution is 0.0997. The lowest BCUT2D eigenvalue weighted by Gasteiger charge is -2.19. The minimum Gasteiger partial charge on any atom is -0.316 e. The lowest BCUT2D eigenvalue weighted by Crippen LogP contribution is -2.29. The maximum Gasteiger partial charge on any atom is 0.279 e. The number of benzene rings is 3. The van der Waals surface area contributed by atoms with E-state index in [0.29, 0.717) is 34.7 Å². The molecule has 0 bridgehead atoms. The molecule has 0 fully saturated rings. The van der Waals surface area contributed by atoms with E-state index in [1.807, 2.05) is 29.7 Å². The van der Waals surface area contributed by atoms with Crippen molar-refractivity contribution in [1.29, 1.82) is 0 Å². The van der Waals surface area contributed by atoms with Crippen molar-refractivity contribution < 1.29 is 17.6 Å². The predicted molar refractivity (Wildman–Crippen MR) is 131 cm³/mol. The molecule has 9 heteroatoms. The Morgan fingerprint density at radius 1 is 1.09 bits per heavy atom. The van der Waals surface area contributed by atoms with Crippen molar-refractivity contribution in [1.82, 2.24) is 4.57 Å². The molecule has 0 saturated heterocycles. The highest BCUT2D eigenvalue weighted by atomic mass is 32.2. The molecule has 1 aliphatic rings. The Morgan fingerprint density at radius 2 is 1.85 bits per heavy atom. The molecule has 0 atom stereocenters. The van der Waals surface area contributed by atoms with Gasteiger partial charge < -0.3 is 4.57 Å². The van der Waals surface area contributed by atoms with Gasteiger partial charge in [0.05, 0.1) is 20.8 Å². The fourth-order valence-electron chi connectivity index (χ4n) is 4.18. The Labute approximate surface area is 200 Å². The molecule has 0 radical (unpaired) electrons. The second kappa shape index (κ2) is 8.81. The second-order valence-corrected chi connectivity index (χ2v) is 10.9. The van der Waals surface area contributed by atoms with E-state index in [1.165, 1.54) is 52.0 Å². The topological polar surface area (TPSA) is 71.7 Å². The molecule has 0 unspecified atom stereocenters. The van der Waals surface area contributed by atoms with Gasteiger partial charge in [0, 0.05) is 18.7 Å². The monoisotopic (exact) mass is 495 g/mol. The number of aromatic nitrogens is 1. The summed E-state index contributed by atoms with van der Waals surface area (Å²) in [6, 6.07) is 17.8. The van der Waals surface area contributed by atoms with Gasteiger partial charge in [0.1, 0.15) is 5.82 Å². The van der Waals surface area contributed by atoms with Gasteiger partial charge in [0.15, 0.2) is 4.80 Å². The van der Waals surface area contributed by atoms with Crippen LogP contribution in [0.4, 0.5) is 10.1 Å². The number of sulfonamides is 1. The number of hydrogen-bond donors (Lipinski definition) is 0. The summed E-state index contributed by atoms with van der Waals surface area (Å²) in [4.78, 5) is 17.8. The Bertz CT molecular complexity index is 1570. The number of carbonyl (C=O) groups excluding carboxylic acids is 1. The van der Waals surface area contributed by atoms with Crippen LogP contribution in [0.15, 0.2) is 76.6 Å². The van der Waals surface area contributed by atoms with Crippen LogP contribution in [0.1, 0.15) is 29.3 Å². The number of anilines is 1. The molecular formula is C25H22FN3O3S2. The number of aryl methyl sites for hydroxylation is 1. The van der Waals surface area contributed by atoms with Crippen LogP contribution in [-0.2, 0) is 23.0 Å². The molecule has 0 aliphatic carbocycles. The number of para-hydroxylation sites is 1. The van der Waals surface area contributed by atoms with Crippen LogP contribution in [0.5, 0.6) is 0 Å². The summed E-state index contributed by atoms with van der Waals surface area (Å²) in [5.74, 6) is -0.819. The van der Waals surface area contributed by atoms with Crippen LogP contribution >= 0.6 is 11.3 Å². The first-order valence-electron chi connectivity index (χ1n) is 11.0. The minimum atomic E-state index is -3.74. The average molecular weight is 496 g/mol. The van der Waals surface area contributed by atoms with Crippen molar-refractivity contribution in [2.24, 2.45) is 4.99 Å². The van der Waals surface area contributed by atoms with E-state index in [0.717, 1.165) is 17.5 Å². The first-order chi connectivity index (χ1) is 16.4. The molecule has 3 aromatic carbocycles. The fraction of sp³-hybridized carbons (Fsp3) is 0.200. The molecule has 0 N–H and O–H groups in total. The standard InChI is InChI=1S/C25H22FN3O3S2/c1-2-14-28-22-12-9-19(26)16-23(22)33-25(28)27-24(30)18-7-10-20(11-8-18)34(31,32)29-15-13-17-5-3-4-6-21(17)29/h3-12,16H,2,13-15H2,1H3. The molecular weight excluding hydrogens is 473 g/mol. The lowest BCUT2D eigenvalue weighted by atomic mass is 10.2. The summed E-state index contributed by atoms with van der Waals surface area (Å²) in [6.45, 7) is 3.05. The third-order valence-electron chi connectivity index (χ3n) is 5.82. The van der Waals surface area contributed by atoms with E-state index in [1.54, 1.807) is 12.1 Å². The first kappa shape index (κ1) is 22.5. The molecule has 6 nitrogen and oxygen atoms in total. The van der Waals surface area contributed by atoms with E-state index in [2.05, 4.69) is 4.99 Å². The van der Waals surface area contributed by atoms with Crippen LogP contribution in [0.25, 0.3) is 10.2 Å². The number of halogens is 1. The van der Waals surface area contributed by atoms with Gasteiger partial charge in [-0.25, -0.2) is 12.8 Å². The average Bonchev–Trinajstić information content (AvgIpc) is 3.41. The molecule has 4 aromatic rings. The summed E-state index contributed by atoms with van der Waals surface area (Å²) in [5.41, 5.74) is 2.80. The van der Waals surface area contributed by atoms with Crippen molar-refractivity contribution in [3.63, 3.8) is 0 Å². The zero-order valence-electron chi connectivity index (χ0n) is 18.4. The number of thiazole rings is 1. The Kier molecular flexibility index (Phi) is 5.83. The molecule has 1 aromatic heterocycles. The Balaban J connectivity index is 1.46. The zero-order valence-corrected chi connectivity index (χ0v) is 20.1.